The van der Waals surface area contributed by atoms with E-state index in [1.807, 2.05) is 30.3 Å². The Morgan fingerprint density at radius 2 is 1.95 bits per heavy atom. The van der Waals surface area contributed by atoms with Crippen LogP contribution in [0.15, 0.2) is 59.3 Å². The van der Waals surface area contributed by atoms with Gasteiger partial charge in [-0.1, -0.05) is 35.0 Å². The van der Waals surface area contributed by atoms with E-state index in [0.717, 1.165) is 5.56 Å². The molecule has 3 rings (SSSR count). The summed E-state index contributed by atoms with van der Waals surface area (Å²) in [5, 5.41) is 7.19. The topological polar surface area (TPSA) is 68.0 Å². The molecule has 0 aliphatic heterocycles. The van der Waals surface area contributed by atoms with Gasteiger partial charge in [0, 0.05) is 17.3 Å². The Bertz CT molecular complexity index is 770. The lowest BCUT2D eigenvalue weighted by Crippen LogP contribution is -2.13. The molecule has 5 nitrogen and oxygen atoms in total. The number of anilines is 1. The molecule has 1 N–H and O–H groups in total. The number of benzene rings is 1. The molecule has 3 aromatic rings. The Morgan fingerprint density at radius 1 is 1.14 bits per heavy atom. The number of carbonyl (C=O) groups excluding carboxylic acids is 1. The minimum absolute atomic E-state index is 0.189. The Hall–Kier alpha value is -2.66. The molecular formula is C16H12ClN3O2. The summed E-state index contributed by atoms with van der Waals surface area (Å²) in [4.78, 5) is 16.1. The zero-order valence-electron chi connectivity index (χ0n) is 11.5. The first-order chi connectivity index (χ1) is 10.7. The molecule has 2 heterocycles. The third-order valence-electron chi connectivity index (χ3n) is 2.98. The molecule has 6 heteroatoms. The van der Waals surface area contributed by atoms with Gasteiger partial charge in [0.15, 0.2) is 0 Å². The third kappa shape index (κ3) is 3.51. The molecule has 0 aliphatic carbocycles. The van der Waals surface area contributed by atoms with Gasteiger partial charge in [-0.2, -0.15) is 0 Å². The van der Waals surface area contributed by atoms with E-state index in [-0.39, 0.29) is 12.3 Å². The molecule has 0 saturated heterocycles. The summed E-state index contributed by atoms with van der Waals surface area (Å²) in [6.07, 6.45) is 1.90. The number of halogens is 1. The monoisotopic (exact) mass is 313 g/mol. The van der Waals surface area contributed by atoms with Crippen molar-refractivity contribution in [2.45, 2.75) is 6.42 Å². The third-order valence-corrected chi connectivity index (χ3v) is 3.23. The molecule has 0 aliphatic rings. The minimum atomic E-state index is -0.189. The number of pyridine rings is 1. The SMILES string of the molecule is O=C(Cc1ccc(Cl)cc1)Nc1cc(-c2ccccn2)no1. The van der Waals surface area contributed by atoms with Crippen LogP contribution < -0.4 is 5.32 Å². The van der Waals surface area contributed by atoms with E-state index in [4.69, 9.17) is 16.1 Å². The van der Waals surface area contributed by atoms with E-state index in [1.54, 1.807) is 24.4 Å². The van der Waals surface area contributed by atoms with Gasteiger partial charge in [0.25, 0.3) is 0 Å². The largest absolute Gasteiger partial charge is 0.338 e. The Morgan fingerprint density at radius 3 is 2.68 bits per heavy atom. The maximum Gasteiger partial charge on any atom is 0.231 e. The van der Waals surface area contributed by atoms with E-state index in [9.17, 15) is 4.79 Å². The molecule has 110 valence electrons. The quantitative estimate of drug-likeness (QED) is 0.799. The molecule has 22 heavy (non-hydrogen) atoms. The van der Waals surface area contributed by atoms with Gasteiger partial charge in [0.1, 0.15) is 5.69 Å². The van der Waals surface area contributed by atoms with Gasteiger partial charge in [-0.05, 0) is 29.8 Å². The highest BCUT2D eigenvalue weighted by Crippen LogP contribution is 2.19. The number of aromatic nitrogens is 2. The number of nitrogens with one attached hydrogen (secondary N) is 1. The summed E-state index contributed by atoms with van der Waals surface area (Å²) in [6.45, 7) is 0. The molecule has 1 amide bonds. The highest BCUT2D eigenvalue weighted by atomic mass is 35.5. The second-order valence-electron chi connectivity index (χ2n) is 4.64. The van der Waals surface area contributed by atoms with Crippen molar-refractivity contribution in [1.82, 2.24) is 10.1 Å². The Balaban J connectivity index is 1.65. The first kappa shape index (κ1) is 14.3. The molecule has 0 saturated carbocycles. The van der Waals surface area contributed by atoms with Crippen LogP contribution in [0.4, 0.5) is 5.88 Å². The molecular weight excluding hydrogens is 302 g/mol. The van der Waals surface area contributed by atoms with Crippen molar-refractivity contribution in [3.8, 4) is 11.4 Å². The van der Waals surface area contributed by atoms with Crippen LogP contribution in [0, 0.1) is 0 Å². The maximum atomic E-state index is 12.0. The number of hydrogen-bond donors (Lipinski definition) is 1. The van der Waals surface area contributed by atoms with Crippen LogP contribution in [-0.2, 0) is 11.2 Å². The fourth-order valence-electron chi connectivity index (χ4n) is 1.94. The van der Waals surface area contributed by atoms with Gasteiger partial charge in [0.2, 0.25) is 11.8 Å². The Labute approximate surface area is 131 Å². The van der Waals surface area contributed by atoms with E-state index in [2.05, 4.69) is 15.5 Å². The van der Waals surface area contributed by atoms with Crippen molar-refractivity contribution in [2.75, 3.05) is 5.32 Å². The van der Waals surface area contributed by atoms with Crippen LogP contribution >= 0.6 is 11.6 Å². The summed E-state index contributed by atoms with van der Waals surface area (Å²) < 4.78 is 5.10. The summed E-state index contributed by atoms with van der Waals surface area (Å²) in [6, 6.07) is 14.2. The smallest absolute Gasteiger partial charge is 0.231 e. The van der Waals surface area contributed by atoms with Crippen LogP contribution in [-0.4, -0.2) is 16.0 Å². The lowest BCUT2D eigenvalue weighted by molar-refractivity contribution is -0.115. The highest BCUT2D eigenvalue weighted by molar-refractivity contribution is 6.30. The van der Waals surface area contributed by atoms with Crippen molar-refractivity contribution in [1.29, 1.82) is 0 Å². The zero-order valence-corrected chi connectivity index (χ0v) is 12.2. The highest BCUT2D eigenvalue weighted by Gasteiger charge is 2.10. The number of rotatable bonds is 4. The average Bonchev–Trinajstić information content (AvgIpc) is 2.99. The van der Waals surface area contributed by atoms with Crippen molar-refractivity contribution in [3.05, 3.63) is 65.3 Å². The second kappa shape index (κ2) is 6.41. The van der Waals surface area contributed by atoms with Gasteiger partial charge < -0.3 is 4.52 Å². The fourth-order valence-corrected chi connectivity index (χ4v) is 2.06. The normalized spacial score (nSPS) is 10.4. The lowest BCUT2D eigenvalue weighted by Gasteiger charge is -2.01. The standard InChI is InChI=1S/C16H12ClN3O2/c17-12-6-4-11(5-7-12)9-15(21)19-16-10-14(20-22-16)13-3-1-2-8-18-13/h1-8,10H,9H2,(H,19,21). The molecule has 2 aromatic heterocycles. The number of carbonyl (C=O) groups is 1. The van der Waals surface area contributed by atoms with Crippen LogP contribution in [0.3, 0.4) is 0 Å². The van der Waals surface area contributed by atoms with Crippen molar-refractivity contribution in [3.63, 3.8) is 0 Å². The van der Waals surface area contributed by atoms with Crippen LogP contribution in [0.25, 0.3) is 11.4 Å². The average molecular weight is 314 g/mol. The first-order valence-electron chi connectivity index (χ1n) is 6.63. The van der Waals surface area contributed by atoms with Gasteiger partial charge in [0.05, 0.1) is 12.1 Å². The Kier molecular flexibility index (Phi) is 4.16. The van der Waals surface area contributed by atoms with Crippen LogP contribution in [0.2, 0.25) is 5.02 Å². The number of amides is 1. The predicted octanol–water partition coefficient (Wildman–Crippen LogP) is 3.57. The minimum Gasteiger partial charge on any atom is -0.338 e. The second-order valence-corrected chi connectivity index (χ2v) is 5.08. The summed E-state index contributed by atoms with van der Waals surface area (Å²) in [7, 11) is 0. The molecule has 0 spiro atoms. The first-order valence-corrected chi connectivity index (χ1v) is 7.01. The van der Waals surface area contributed by atoms with Gasteiger partial charge in [-0.15, -0.1) is 0 Å². The molecule has 0 fully saturated rings. The van der Waals surface area contributed by atoms with E-state index in [0.29, 0.717) is 22.3 Å². The molecule has 0 bridgehead atoms. The van der Waals surface area contributed by atoms with E-state index >= 15 is 0 Å². The molecule has 1 aromatic carbocycles. The predicted molar refractivity (Wildman–Crippen MR) is 83.5 cm³/mol. The van der Waals surface area contributed by atoms with Gasteiger partial charge in [-0.3, -0.25) is 15.1 Å². The van der Waals surface area contributed by atoms with E-state index < -0.39 is 0 Å². The molecule has 0 atom stereocenters. The van der Waals surface area contributed by atoms with Crippen LogP contribution in [0.1, 0.15) is 5.56 Å². The fraction of sp³-hybridized carbons (Fsp3) is 0.0625. The number of hydrogen-bond acceptors (Lipinski definition) is 4. The van der Waals surface area contributed by atoms with Crippen molar-refractivity contribution in [2.24, 2.45) is 0 Å². The summed E-state index contributed by atoms with van der Waals surface area (Å²) in [5.41, 5.74) is 2.12. The van der Waals surface area contributed by atoms with E-state index in [1.165, 1.54) is 0 Å². The van der Waals surface area contributed by atoms with Gasteiger partial charge >= 0.3 is 0 Å². The maximum absolute atomic E-state index is 12.0. The zero-order chi connectivity index (χ0) is 15.4. The summed E-state index contributed by atoms with van der Waals surface area (Å²) >= 11 is 5.81. The summed E-state index contributed by atoms with van der Waals surface area (Å²) in [5.74, 6) is 0.102. The molecule has 0 unspecified atom stereocenters. The number of nitrogens with zero attached hydrogens (tertiary/aromatic N) is 2. The van der Waals surface area contributed by atoms with Gasteiger partial charge in [-0.25, -0.2) is 0 Å². The van der Waals surface area contributed by atoms with Crippen LogP contribution in [0.5, 0.6) is 0 Å². The lowest BCUT2D eigenvalue weighted by atomic mass is 10.1. The van der Waals surface area contributed by atoms with Crippen molar-refractivity contribution < 1.29 is 9.32 Å². The molecule has 0 radical (unpaired) electrons. The van der Waals surface area contributed by atoms with Crippen molar-refractivity contribution >= 4 is 23.4 Å².